The van der Waals surface area contributed by atoms with Crippen molar-refractivity contribution in [3.8, 4) is 6.01 Å². The van der Waals surface area contributed by atoms with Crippen LogP contribution in [0.5, 0.6) is 6.01 Å². The molecule has 1 unspecified atom stereocenters. The molecule has 1 aromatic heterocycles. The Balaban J connectivity index is 2.00. The first-order chi connectivity index (χ1) is 9.19. The van der Waals surface area contributed by atoms with Gasteiger partial charge in [-0.1, -0.05) is 20.3 Å². The van der Waals surface area contributed by atoms with Crippen LogP contribution in [0.15, 0.2) is 0 Å². The maximum Gasteiger partial charge on any atom is 0.322 e. The summed E-state index contributed by atoms with van der Waals surface area (Å²) in [6.07, 6.45) is 4.64. The zero-order valence-corrected chi connectivity index (χ0v) is 12.4. The molecule has 0 aromatic carbocycles. The zero-order valence-electron chi connectivity index (χ0n) is 11.6. The second-order valence-corrected chi connectivity index (χ2v) is 5.42. The van der Waals surface area contributed by atoms with E-state index in [-0.39, 0.29) is 5.28 Å². The van der Waals surface area contributed by atoms with Crippen LogP contribution in [0, 0.1) is 5.92 Å². The van der Waals surface area contributed by atoms with Gasteiger partial charge in [-0.25, -0.2) is 0 Å². The Morgan fingerprint density at radius 3 is 2.68 bits per heavy atom. The predicted octanol–water partition coefficient (Wildman–Crippen LogP) is 2.94. The summed E-state index contributed by atoms with van der Waals surface area (Å²) in [6, 6.07) is 0.338. The van der Waals surface area contributed by atoms with Crippen molar-refractivity contribution in [1.82, 2.24) is 15.0 Å². The van der Waals surface area contributed by atoms with E-state index in [2.05, 4.69) is 33.7 Å². The smallest absolute Gasteiger partial charge is 0.322 e. The molecular weight excluding hydrogens is 264 g/mol. The average Bonchev–Trinajstić information content (AvgIpc) is 2.90. The first-order valence-corrected chi connectivity index (χ1v) is 7.36. The van der Waals surface area contributed by atoms with Gasteiger partial charge >= 0.3 is 6.01 Å². The van der Waals surface area contributed by atoms with Crippen LogP contribution in [0.1, 0.15) is 39.5 Å². The Labute approximate surface area is 119 Å². The fraction of sp³-hybridized carbons (Fsp3) is 0.769. The summed E-state index contributed by atoms with van der Waals surface area (Å²) in [7, 11) is 0. The van der Waals surface area contributed by atoms with E-state index in [0.717, 1.165) is 25.9 Å². The van der Waals surface area contributed by atoms with Crippen LogP contribution in [0.4, 0.5) is 5.95 Å². The molecule has 1 atom stereocenters. The number of aromatic nitrogens is 3. The quantitative estimate of drug-likeness (QED) is 0.804. The van der Waals surface area contributed by atoms with Gasteiger partial charge in [-0.2, -0.15) is 15.0 Å². The number of nitrogens with zero attached hydrogens (tertiary/aromatic N) is 4. The SMILES string of the molecule is CCCC(C)COc1nc(Cl)nc(N2CCCC2)n1. The molecule has 1 fully saturated rings. The van der Waals surface area contributed by atoms with E-state index in [1.54, 1.807) is 0 Å². The lowest BCUT2D eigenvalue weighted by Gasteiger charge is -2.16. The summed E-state index contributed by atoms with van der Waals surface area (Å²) in [6.45, 7) is 6.90. The van der Waals surface area contributed by atoms with Crippen LogP contribution in [0.2, 0.25) is 5.28 Å². The minimum atomic E-state index is 0.204. The monoisotopic (exact) mass is 284 g/mol. The maximum absolute atomic E-state index is 5.94. The minimum absolute atomic E-state index is 0.204. The van der Waals surface area contributed by atoms with Crippen LogP contribution >= 0.6 is 11.6 Å². The zero-order chi connectivity index (χ0) is 13.7. The van der Waals surface area contributed by atoms with E-state index < -0.39 is 0 Å². The van der Waals surface area contributed by atoms with Gasteiger partial charge in [0.05, 0.1) is 6.61 Å². The fourth-order valence-electron chi connectivity index (χ4n) is 2.24. The van der Waals surface area contributed by atoms with Crippen molar-refractivity contribution in [2.75, 3.05) is 24.6 Å². The number of anilines is 1. The summed E-state index contributed by atoms with van der Waals surface area (Å²) in [5.74, 6) is 1.13. The summed E-state index contributed by atoms with van der Waals surface area (Å²) < 4.78 is 5.63. The van der Waals surface area contributed by atoms with Crippen LogP contribution in [0.3, 0.4) is 0 Å². The second-order valence-electron chi connectivity index (χ2n) is 5.09. The van der Waals surface area contributed by atoms with Gasteiger partial charge in [0.2, 0.25) is 11.2 Å². The van der Waals surface area contributed by atoms with E-state index in [9.17, 15) is 0 Å². The Bertz CT molecular complexity index is 410. The summed E-state index contributed by atoms with van der Waals surface area (Å²) in [4.78, 5) is 14.7. The number of rotatable bonds is 6. The van der Waals surface area contributed by atoms with E-state index in [1.807, 2.05) is 0 Å². The number of hydrogen-bond donors (Lipinski definition) is 0. The lowest BCUT2D eigenvalue weighted by molar-refractivity contribution is 0.233. The topological polar surface area (TPSA) is 51.1 Å². The third-order valence-electron chi connectivity index (χ3n) is 3.24. The predicted molar refractivity (Wildman–Crippen MR) is 75.9 cm³/mol. The van der Waals surface area contributed by atoms with Crippen molar-refractivity contribution in [3.63, 3.8) is 0 Å². The lowest BCUT2D eigenvalue weighted by Crippen LogP contribution is -2.21. The standard InChI is InChI=1S/C13H21ClN4O/c1-3-6-10(2)9-19-13-16-11(14)15-12(17-13)18-7-4-5-8-18/h10H,3-9H2,1-2H3. The lowest BCUT2D eigenvalue weighted by atomic mass is 10.1. The van der Waals surface area contributed by atoms with Gasteiger partial charge in [-0.05, 0) is 36.8 Å². The van der Waals surface area contributed by atoms with Crippen molar-refractivity contribution in [3.05, 3.63) is 5.28 Å². The van der Waals surface area contributed by atoms with Gasteiger partial charge in [0.15, 0.2) is 0 Å². The molecule has 1 aromatic rings. The molecule has 2 rings (SSSR count). The number of hydrogen-bond acceptors (Lipinski definition) is 5. The van der Waals surface area contributed by atoms with Crippen molar-refractivity contribution in [1.29, 1.82) is 0 Å². The molecule has 19 heavy (non-hydrogen) atoms. The van der Waals surface area contributed by atoms with Crippen LogP contribution < -0.4 is 9.64 Å². The molecule has 6 heteroatoms. The van der Waals surface area contributed by atoms with Gasteiger partial charge < -0.3 is 9.64 Å². The van der Waals surface area contributed by atoms with Crippen molar-refractivity contribution in [2.45, 2.75) is 39.5 Å². The minimum Gasteiger partial charge on any atom is -0.463 e. The van der Waals surface area contributed by atoms with Gasteiger partial charge in [0.1, 0.15) is 0 Å². The van der Waals surface area contributed by atoms with Crippen LogP contribution in [-0.4, -0.2) is 34.6 Å². The number of ether oxygens (including phenoxy) is 1. The molecule has 0 bridgehead atoms. The first-order valence-electron chi connectivity index (χ1n) is 6.98. The molecule has 0 N–H and O–H groups in total. The largest absolute Gasteiger partial charge is 0.463 e. The van der Waals surface area contributed by atoms with Crippen LogP contribution in [0.25, 0.3) is 0 Å². The molecule has 5 nitrogen and oxygen atoms in total. The van der Waals surface area contributed by atoms with Crippen molar-refractivity contribution < 1.29 is 4.74 Å². The van der Waals surface area contributed by atoms with Crippen molar-refractivity contribution >= 4 is 17.5 Å². The molecule has 0 radical (unpaired) electrons. The maximum atomic E-state index is 5.94. The molecule has 1 saturated heterocycles. The Kier molecular flexibility index (Phi) is 5.19. The van der Waals surface area contributed by atoms with Crippen LogP contribution in [-0.2, 0) is 0 Å². The average molecular weight is 285 g/mol. The Morgan fingerprint density at radius 1 is 1.26 bits per heavy atom. The second kappa shape index (κ2) is 6.89. The van der Waals surface area contributed by atoms with E-state index >= 15 is 0 Å². The Hall–Kier alpha value is -1.10. The summed E-state index contributed by atoms with van der Waals surface area (Å²) in [5.41, 5.74) is 0. The van der Waals surface area contributed by atoms with E-state index in [0.29, 0.717) is 24.5 Å². The highest BCUT2D eigenvalue weighted by molar-refractivity contribution is 6.28. The molecule has 1 aliphatic rings. The normalized spacial score (nSPS) is 16.7. The highest BCUT2D eigenvalue weighted by Gasteiger charge is 2.17. The van der Waals surface area contributed by atoms with Gasteiger partial charge in [-0.3, -0.25) is 0 Å². The number of halogens is 1. The van der Waals surface area contributed by atoms with Crippen molar-refractivity contribution in [2.24, 2.45) is 5.92 Å². The highest BCUT2D eigenvalue weighted by atomic mass is 35.5. The molecule has 1 aliphatic heterocycles. The summed E-state index contributed by atoms with van der Waals surface area (Å²) in [5, 5.41) is 0.204. The van der Waals surface area contributed by atoms with Gasteiger partial charge in [0, 0.05) is 13.1 Å². The van der Waals surface area contributed by atoms with E-state index in [1.165, 1.54) is 12.8 Å². The molecular formula is C13H21ClN4O. The van der Waals surface area contributed by atoms with Gasteiger partial charge in [-0.15, -0.1) is 0 Å². The third-order valence-corrected chi connectivity index (χ3v) is 3.41. The third kappa shape index (κ3) is 4.20. The molecule has 0 spiro atoms. The molecule has 0 aliphatic carbocycles. The molecule has 2 heterocycles. The molecule has 106 valence electrons. The summed E-state index contributed by atoms with van der Waals surface area (Å²) >= 11 is 5.94. The fourth-order valence-corrected chi connectivity index (χ4v) is 2.39. The Morgan fingerprint density at radius 2 is 2.00 bits per heavy atom. The van der Waals surface area contributed by atoms with E-state index in [4.69, 9.17) is 16.3 Å². The molecule has 0 saturated carbocycles. The molecule has 0 amide bonds. The first kappa shape index (κ1) is 14.3. The van der Waals surface area contributed by atoms with Gasteiger partial charge in [0.25, 0.3) is 0 Å². The highest BCUT2D eigenvalue weighted by Crippen LogP contribution is 2.19.